The molecule has 5 atom stereocenters. The summed E-state index contributed by atoms with van der Waals surface area (Å²) in [5.74, 6) is 0.213. The van der Waals surface area contributed by atoms with Gasteiger partial charge in [0.15, 0.2) is 0 Å². The first-order valence-corrected chi connectivity index (χ1v) is 19.9. The van der Waals surface area contributed by atoms with E-state index >= 15 is 0 Å². The maximum atomic E-state index is 12.1. The summed E-state index contributed by atoms with van der Waals surface area (Å²) in [4.78, 5) is 56.8. The van der Waals surface area contributed by atoms with Crippen molar-refractivity contribution in [2.24, 2.45) is 0 Å². The summed E-state index contributed by atoms with van der Waals surface area (Å²) in [6.07, 6.45) is 12.2. The van der Waals surface area contributed by atoms with Crippen LogP contribution in [0.1, 0.15) is 82.4 Å². The molecule has 0 saturated carbocycles. The van der Waals surface area contributed by atoms with Gasteiger partial charge in [-0.3, -0.25) is 9.32 Å². The minimum Gasteiger partial charge on any atom is -0.396 e. The molecule has 48 heavy (non-hydrogen) atoms. The van der Waals surface area contributed by atoms with Gasteiger partial charge in [0, 0.05) is 37.8 Å². The number of unbranched alkanes of at least 4 members (excludes halogenated alkanes) is 7. The minimum atomic E-state index is -5.70. The zero-order valence-electron chi connectivity index (χ0n) is 26.2. The van der Waals surface area contributed by atoms with Gasteiger partial charge in [0.2, 0.25) is 5.91 Å². The molecule has 19 nitrogen and oxygen atoms in total. The molecule has 1 amide bonds. The van der Waals surface area contributed by atoms with Crippen LogP contribution in [0.4, 0.5) is 5.82 Å². The standard InChI is InChI=1S/C26H44N5O14P3/c27-25-24-19(11-7-6-9-13-28-22(34)12-8-4-2-1-3-5-10-14-32)16-31(26(24)30-18-29-25)23-15-20(33)21(43-23)17-42-47(38,39)45-48(40,41)44-46(35,36)37/h7,11,16,18,20-21,23,32-33H,1-6,8-10,12-15,17H2,(H,28,34)(H,38,39)(H,40,41)(H2,27,29,30)(H2,35,36,37)/b11-7+/t20-,21+,23+/m0/s1. The first-order chi connectivity index (χ1) is 22.6. The molecule has 0 radical (unpaired) electrons. The SMILES string of the molecule is Nc1ncnc2c1c(/C=C/CCCNC(=O)CCCCCCCCCO)cn2[C@H]1C[C@H](O)[C@@H](COP(=O)(O)OP(=O)(O)OP(=O)(O)O)O1. The number of aliphatic hydroxyl groups is 2. The summed E-state index contributed by atoms with van der Waals surface area (Å²) >= 11 is 0. The Morgan fingerprint density at radius 1 is 1.02 bits per heavy atom. The number of nitrogens with zero attached hydrogens (tertiary/aromatic N) is 3. The molecule has 0 spiro atoms. The van der Waals surface area contributed by atoms with Crippen LogP contribution in [0.25, 0.3) is 17.1 Å². The third kappa shape index (κ3) is 13.7. The Morgan fingerprint density at radius 3 is 2.40 bits per heavy atom. The predicted molar refractivity (Wildman–Crippen MR) is 172 cm³/mol. The van der Waals surface area contributed by atoms with Crippen LogP contribution in [-0.4, -0.2) is 82.2 Å². The van der Waals surface area contributed by atoms with Crippen LogP contribution in [0.15, 0.2) is 18.6 Å². The van der Waals surface area contributed by atoms with E-state index in [-0.39, 0.29) is 24.8 Å². The predicted octanol–water partition coefficient (Wildman–Crippen LogP) is 3.03. The first kappa shape index (κ1) is 40.4. The van der Waals surface area contributed by atoms with Crippen LogP contribution < -0.4 is 11.1 Å². The van der Waals surface area contributed by atoms with Gasteiger partial charge in [-0.1, -0.05) is 44.3 Å². The number of carbonyl (C=O) groups is 1. The van der Waals surface area contributed by atoms with E-state index in [9.17, 15) is 33.4 Å². The topological polar surface area (TPSA) is 295 Å². The van der Waals surface area contributed by atoms with Gasteiger partial charge in [-0.25, -0.2) is 23.7 Å². The number of phosphoric ester groups is 1. The molecule has 3 heterocycles. The lowest BCUT2D eigenvalue weighted by Crippen LogP contribution is -2.26. The number of nitrogens with two attached hydrogens (primary N) is 1. The van der Waals surface area contributed by atoms with Gasteiger partial charge < -0.3 is 50.1 Å². The lowest BCUT2D eigenvalue weighted by Gasteiger charge is -2.19. The summed E-state index contributed by atoms with van der Waals surface area (Å²) in [7, 11) is -16.7. The molecule has 2 aromatic heterocycles. The van der Waals surface area contributed by atoms with Crippen molar-refractivity contribution in [2.75, 3.05) is 25.5 Å². The Morgan fingerprint density at radius 2 is 1.71 bits per heavy atom. The van der Waals surface area contributed by atoms with Crippen LogP contribution >= 0.6 is 23.5 Å². The van der Waals surface area contributed by atoms with Crippen molar-refractivity contribution in [3.8, 4) is 0 Å². The fourth-order valence-electron chi connectivity index (χ4n) is 5.02. The zero-order valence-corrected chi connectivity index (χ0v) is 28.8. The van der Waals surface area contributed by atoms with Crippen LogP contribution in [0, 0.1) is 0 Å². The van der Waals surface area contributed by atoms with Crippen molar-refractivity contribution in [1.29, 1.82) is 0 Å². The summed E-state index contributed by atoms with van der Waals surface area (Å²) in [6.45, 7) is -0.0577. The van der Waals surface area contributed by atoms with Crippen molar-refractivity contribution >= 4 is 52.3 Å². The first-order valence-electron chi connectivity index (χ1n) is 15.4. The number of aliphatic hydroxyl groups excluding tert-OH is 2. The molecule has 0 aromatic carbocycles. The van der Waals surface area contributed by atoms with Crippen molar-refractivity contribution in [3.63, 3.8) is 0 Å². The molecule has 0 bridgehead atoms. The number of amides is 1. The molecule has 9 N–H and O–H groups in total. The number of hydrogen-bond donors (Lipinski definition) is 8. The highest BCUT2D eigenvalue weighted by Crippen LogP contribution is 2.66. The highest BCUT2D eigenvalue weighted by molar-refractivity contribution is 7.66. The number of phosphoric acid groups is 3. The minimum absolute atomic E-state index is 0.0198. The number of fused-ring (bicyclic) bond motifs is 1. The van der Waals surface area contributed by atoms with Gasteiger partial charge in [-0.2, -0.15) is 8.62 Å². The van der Waals surface area contributed by atoms with Gasteiger partial charge in [-0.15, -0.1) is 0 Å². The Kier molecular flexibility index (Phi) is 15.8. The van der Waals surface area contributed by atoms with E-state index in [1.54, 1.807) is 10.8 Å². The average molecular weight is 744 g/mol. The third-order valence-corrected chi connectivity index (χ3v) is 11.0. The van der Waals surface area contributed by atoms with Crippen LogP contribution in [0.2, 0.25) is 0 Å². The molecule has 1 saturated heterocycles. The van der Waals surface area contributed by atoms with E-state index in [1.165, 1.54) is 6.33 Å². The normalized spacial score (nSPS) is 21.1. The summed E-state index contributed by atoms with van der Waals surface area (Å²) < 4.78 is 53.8. The Bertz CT molecular complexity index is 1520. The van der Waals surface area contributed by atoms with E-state index in [4.69, 9.17) is 25.4 Å². The average Bonchev–Trinajstić information content (AvgIpc) is 3.54. The molecular formula is C26H44N5O14P3. The van der Waals surface area contributed by atoms with Gasteiger partial charge in [0.25, 0.3) is 0 Å². The van der Waals surface area contributed by atoms with Crippen molar-refractivity contribution < 1.29 is 66.2 Å². The molecule has 0 aliphatic carbocycles. The van der Waals surface area contributed by atoms with E-state index in [1.807, 2.05) is 12.2 Å². The molecule has 2 aromatic rings. The second-order valence-electron chi connectivity index (χ2n) is 11.1. The number of anilines is 1. The smallest absolute Gasteiger partial charge is 0.396 e. The lowest BCUT2D eigenvalue weighted by molar-refractivity contribution is -0.121. The molecule has 1 aliphatic heterocycles. The quantitative estimate of drug-likeness (QED) is 0.0635. The van der Waals surface area contributed by atoms with Crippen molar-refractivity contribution in [3.05, 3.63) is 24.2 Å². The number of rotatable bonds is 22. The Balaban J connectivity index is 1.50. The van der Waals surface area contributed by atoms with E-state index in [0.29, 0.717) is 42.4 Å². The number of hydrogen-bond acceptors (Lipinski definition) is 13. The van der Waals surface area contributed by atoms with Crippen molar-refractivity contribution in [1.82, 2.24) is 19.9 Å². The highest BCUT2D eigenvalue weighted by Gasteiger charge is 2.43. The molecule has 22 heteroatoms. The number of aromatic nitrogens is 3. The summed E-state index contributed by atoms with van der Waals surface area (Å²) in [6, 6.07) is 0. The number of nitrogen functional groups attached to an aromatic ring is 1. The summed E-state index contributed by atoms with van der Waals surface area (Å²) in [5.41, 5.74) is 7.17. The number of allylic oxidation sites excluding steroid dienone is 1. The van der Waals surface area contributed by atoms with Crippen LogP contribution in [0.3, 0.4) is 0 Å². The molecule has 272 valence electrons. The molecule has 1 aliphatic rings. The van der Waals surface area contributed by atoms with Gasteiger partial charge >= 0.3 is 23.5 Å². The largest absolute Gasteiger partial charge is 0.490 e. The maximum Gasteiger partial charge on any atom is 0.490 e. The Labute approximate surface area is 276 Å². The monoisotopic (exact) mass is 743 g/mol. The lowest BCUT2D eigenvalue weighted by atomic mass is 10.1. The molecule has 1 fully saturated rings. The molecule has 3 rings (SSSR count). The Hall–Kier alpha value is -2.08. The third-order valence-electron chi connectivity index (χ3n) is 7.23. The van der Waals surface area contributed by atoms with Gasteiger partial charge in [0.05, 0.1) is 18.1 Å². The molecular weight excluding hydrogens is 699 g/mol. The second-order valence-corrected chi connectivity index (χ2v) is 15.5. The van der Waals surface area contributed by atoms with Gasteiger partial charge in [0.1, 0.15) is 30.1 Å². The van der Waals surface area contributed by atoms with Gasteiger partial charge in [-0.05, 0) is 25.7 Å². The van der Waals surface area contributed by atoms with Crippen LogP contribution in [0.5, 0.6) is 0 Å². The number of nitrogens with one attached hydrogen (secondary N) is 1. The molecule has 2 unspecified atom stereocenters. The zero-order chi connectivity index (χ0) is 35.4. The highest BCUT2D eigenvalue weighted by atomic mass is 31.3. The van der Waals surface area contributed by atoms with E-state index in [0.717, 1.165) is 44.9 Å². The van der Waals surface area contributed by atoms with Crippen molar-refractivity contribution in [2.45, 2.75) is 89.1 Å². The maximum absolute atomic E-state index is 12.1. The number of ether oxygens (including phenoxy) is 1. The number of carbonyl (C=O) groups excluding carboxylic acids is 1. The van der Waals surface area contributed by atoms with E-state index in [2.05, 4.69) is 28.4 Å². The summed E-state index contributed by atoms with van der Waals surface area (Å²) in [5, 5.41) is 22.8. The fraction of sp³-hybridized carbons (Fsp3) is 0.654. The fourth-order valence-corrected chi connectivity index (χ4v) is 8.05. The van der Waals surface area contributed by atoms with E-state index < -0.39 is 48.5 Å². The second kappa shape index (κ2) is 18.8. The van der Waals surface area contributed by atoms with Crippen LogP contribution in [-0.2, 0) is 36.4 Å².